The molecule has 2 aliphatic rings. The van der Waals surface area contributed by atoms with Gasteiger partial charge in [-0.05, 0) is 57.4 Å². The van der Waals surface area contributed by atoms with Crippen molar-refractivity contribution in [3.8, 4) is 0 Å². The van der Waals surface area contributed by atoms with Crippen LogP contribution >= 0.6 is 0 Å². The van der Waals surface area contributed by atoms with Gasteiger partial charge in [0.1, 0.15) is 0 Å². The van der Waals surface area contributed by atoms with E-state index in [0.717, 1.165) is 5.92 Å². The van der Waals surface area contributed by atoms with E-state index in [0.29, 0.717) is 11.6 Å². The lowest BCUT2D eigenvalue weighted by Crippen LogP contribution is -2.51. The van der Waals surface area contributed by atoms with Crippen molar-refractivity contribution in [2.75, 3.05) is 6.54 Å². The van der Waals surface area contributed by atoms with E-state index in [4.69, 9.17) is 5.73 Å². The Morgan fingerprint density at radius 3 is 2.57 bits per heavy atom. The van der Waals surface area contributed by atoms with Crippen molar-refractivity contribution in [1.29, 1.82) is 0 Å². The number of hydrogen-bond donors (Lipinski definition) is 2. The van der Waals surface area contributed by atoms with E-state index >= 15 is 0 Å². The molecule has 0 radical (unpaired) electrons. The van der Waals surface area contributed by atoms with Crippen molar-refractivity contribution in [2.45, 2.75) is 63.5 Å². The van der Waals surface area contributed by atoms with E-state index < -0.39 is 0 Å². The maximum atomic E-state index is 5.92. The molecule has 0 heterocycles. The van der Waals surface area contributed by atoms with E-state index in [1.165, 1.54) is 51.5 Å². The van der Waals surface area contributed by atoms with Crippen molar-refractivity contribution >= 4 is 0 Å². The van der Waals surface area contributed by atoms with Crippen LogP contribution in [0.3, 0.4) is 0 Å². The van der Waals surface area contributed by atoms with Crippen molar-refractivity contribution in [3.63, 3.8) is 0 Å². The first-order valence-corrected chi connectivity index (χ1v) is 6.25. The van der Waals surface area contributed by atoms with Crippen LogP contribution in [0.2, 0.25) is 0 Å². The summed E-state index contributed by atoms with van der Waals surface area (Å²) in [5.41, 5.74) is 6.44. The molecule has 0 aromatic heterocycles. The highest BCUT2D eigenvalue weighted by atomic mass is 15.0. The number of nitrogens with one attached hydrogen (secondary N) is 1. The quantitative estimate of drug-likeness (QED) is 0.722. The number of rotatable bonds is 4. The van der Waals surface area contributed by atoms with Crippen LogP contribution in [0.1, 0.15) is 51.9 Å². The zero-order valence-electron chi connectivity index (χ0n) is 9.39. The minimum absolute atomic E-state index is 0.487. The Kier molecular flexibility index (Phi) is 3.13. The van der Waals surface area contributed by atoms with Crippen LogP contribution < -0.4 is 11.1 Å². The fourth-order valence-electron chi connectivity index (χ4n) is 2.92. The maximum Gasteiger partial charge on any atom is 0.0179 e. The van der Waals surface area contributed by atoms with Gasteiger partial charge in [0.25, 0.3) is 0 Å². The molecule has 2 nitrogen and oxygen atoms in total. The second-order valence-electron chi connectivity index (χ2n) is 5.31. The third kappa shape index (κ3) is 2.12. The van der Waals surface area contributed by atoms with E-state index in [1.54, 1.807) is 0 Å². The van der Waals surface area contributed by atoms with Crippen LogP contribution in [0, 0.1) is 5.92 Å². The molecule has 2 fully saturated rings. The molecule has 0 aromatic carbocycles. The van der Waals surface area contributed by atoms with E-state index in [9.17, 15) is 0 Å². The molecule has 82 valence electrons. The maximum absolute atomic E-state index is 5.92. The highest BCUT2D eigenvalue weighted by Crippen LogP contribution is 2.35. The standard InChI is InChI=1S/C12H24N2/c1-2-12(6-3-7-12)14-9-10-4-5-11(13)8-10/h10-11,14H,2-9,13H2,1H3. The second-order valence-corrected chi connectivity index (χ2v) is 5.31. The summed E-state index contributed by atoms with van der Waals surface area (Å²) < 4.78 is 0. The van der Waals surface area contributed by atoms with Crippen LogP contribution in [0.15, 0.2) is 0 Å². The van der Waals surface area contributed by atoms with Gasteiger partial charge in [-0.2, -0.15) is 0 Å². The molecule has 0 aliphatic heterocycles. The summed E-state index contributed by atoms with van der Waals surface area (Å²) in [7, 11) is 0. The van der Waals surface area contributed by atoms with Crippen LogP contribution in [-0.4, -0.2) is 18.1 Å². The summed E-state index contributed by atoms with van der Waals surface area (Å²) in [6.45, 7) is 3.52. The Balaban J connectivity index is 1.71. The monoisotopic (exact) mass is 196 g/mol. The second kappa shape index (κ2) is 4.19. The first-order valence-electron chi connectivity index (χ1n) is 6.25. The fraction of sp³-hybridized carbons (Fsp3) is 1.00. The molecule has 14 heavy (non-hydrogen) atoms. The average Bonchev–Trinajstić information content (AvgIpc) is 2.50. The molecule has 0 aromatic rings. The predicted molar refractivity (Wildman–Crippen MR) is 60.2 cm³/mol. The summed E-state index contributed by atoms with van der Waals surface area (Å²) in [5.74, 6) is 0.856. The zero-order chi connectivity index (χ0) is 10.0. The fourth-order valence-corrected chi connectivity index (χ4v) is 2.92. The Morgan fingerprint density at radius 1 is 1.36 bits per heavy atom. The number of hydrogen-bond acceptors (Lipinski definition) is 2. The molecule has 2 saturated carbocycles. The first-order chi connectivity index (χ1) is 6.74. The van der Waals surface area contributed by atoms with Crippen LogP contribution in [0.5, 0.6) is 0 Å². The number of nitrogens with two attached hydrogens (primary N) is 1. The summed E-state index contributed by atoms with van der Waals surface area (Å²) in [5, 5.41) is 3.79. The molecular weight excluding hydrogens is 172 g/mol. The normalized spacial score (nSPS) is 35.6. The van der Waals surface area contributed by atoms with Crippen molar-refractivity contribution < 1.29 is 0 Å². The zero-order valence-corrected chi connectivity index (χ0v) is 9.39. The van der Waals surface area contributed by atoms with Gasteiger partial charge in [0.15, 0.2) is 0 Å². The molecule has 3 N–H and O–H groups in total. The molecule has 2 heteroatoms. The summed E-state index contributed by atoms with van der Waals surface area (Å²) in [6.07, 6.45) is 9.33. The molecule has 2 atom stereocenters. The molecule has 2 unspecified atom stereocenters. The van der Waals surface area contributed by atoms with E-state index in [1.807, 2.05) is 0 Å². The van der Waals surface area contributed by atoms with Crippen LogP contribution in [0.25, 0.3) is 0 Å². The molecule has 2 rings (SSSR count). The molecular formula is C12H24N2. The first kappa shape index (κ1) is 10.4. The summed E-state index contributed by atoms with van der Waals surface area (Å²) in [4.78, 5) is 0. The average molecular weight is 196 g/mol. The third-order valence-corrected chi connectivity index (χ3v) is 4.33. The Morgan fingerprint density at radius 2 is 2.14 bits per heavy atom. The van der Waals surface area contributed by atoms with Crippen LogP contribution in [0.4, 0.5) is 0 Å². The molecule has 0 amide bonds. The highest BCUT2D eigenvalue weighted by molar-refractivity contribution is 4.95. The predicted octanol–water partition coefficient (Wildman–Crippen LogP) is 2.04. The molecule has 2 aliphatic carbocycles. The van der Waals surface area contributed by atoms with Crippen molar-refractivity contribution in [1.82, 2.24) is 5.32 Å². The smallest absolute Gasteiger partial charge is 0.0179 e. The lowest BCUT2D eigenvalue weighted by Gasteiger charge is -2.43. The largest absolute Gasteiger partial charge is 0.328 e. The van der Waals surface area contributed by atoms with Crippen molar-refractivity contribution in [2.24, 2.45) is 11.7 Å². The highest BCUT2D eigenvalue weighted by Gasteiger charge is 2.35. The van der Waals surface area contributed by atoms with Gasteiger partial charge in [0.05, 0.1) is 0 Å². The minimum atomic E-state index is 0.487. The van der Waals surface area contributed by atoms with Gasteiger partial charge in [-0.25, -0.2) is 0 Å². The molecule has 0 spiro atoms. The Bertz CT molecular complexity index is 181. The van der Waals surface area contributed by atoms with E-state index in [2.05, 4.69) is 12.2 Å². The SMILES string of the molecule is CCC1(NCC2CCC(N)C2)CCC1. The molecule has 0 bridgehead atoms. The summed E-state index contributed by atoms with van der Waals surface area (Å²) in [6, 6.07) is 0.487. The van der Waals surface area contributed by atoms with Gasteiger partial charge in [0, 0.05) is 11.6 Å². The summed E-state index contributed by atoms with van der Waals surface area (Å²) >= 11 is 0. The van der Waals surface area contributed by atoms with Gasteiger partial charge in [-0.15, -0.1) is 0 Å². The van der Waals surface area contributed by atoms with Gasteiger partial charge in [-0.1, -0.05) is 6.92 Å². The van der Waals surface area contributed by atoms with Crippen molar-refractivity contribution in [3.05, 3.63) is 0 Å². The van der Waals surface area contributed by atoms with Gasteiger partial charge in [0.2, 0.25) is 0 Å². The van der Waals surface area contributed by atoms with Gasteiger partial charge >= 0.3 is 0 Å². The molecule has 0 saturated heterocycles. The Hall–Kier alpha value is -0.0800. The van der Waals surface area contributed by atoms with Gasteiger partial charge < -0.3 is 11.1 Å². The van der Waals surface area contributed by atoms with Gasteiger partial charge in [-0.3, -0.25) is 0 Å². The van der Waals surface area contributed by atoms with E-state index in [-0.39, 0.29) is 0 Å². The third-order valence-electron chi connectivity index (χ3n) is 4.33. The topological polar surface area (TPSA) is 38.0 Å². The lowest BCUT2D eigenvalue weighted by molar-refractivity contribution is 0.168. The Labute approximate surface area is 87.6 Å². The lowest BCUT2D eigenvalue weighted by atomic mass is 9.74. The minimum Gasteiger partial charge on any atom is -0.328 e. The van der Waals surface area contributed by atoms with Crippen LogP contribution in [-0.2, 0) is 0 Å².